The standard InChI is InChI=1S/C15H16FN3O2/c1-9(2)14-17-15(21-18-14)10-7-13(20)19(8-10)12-6-4-3-5-11(12)16/h3-6,9-10H,7-8H2,1-2H3. The molecule has 0 bridgehead atoms. The normalized spacial score (nSPS) is 18.8. The second kappa shape index (κ2) is 5.27. The lowest BCUT2D eigenvalue weighted by atomic mass is 10.1. The Morgan fingerprint density at radius 2 is 2.14 bits per heavy atom. The van der Waals surface area contributed by atoms with E-state index >= 15 is 0 Å². The molecule has 1 fully saturated rings. The molecule has 1 aliphatic heterocycles. The van der Waals surface area contributed by atoms with Crippen LogP contribution in [0.3, 0.4) is 0 Å². The van der Waals surface area contributed by atoms with Crippen molar-refractivity contribution in [2.75, 3.05) is 11.4 Å². The Morgan fingerprint density at radius 3 is 2.81 bits per heavy atom. The van der Waals surface area contributed by atoms with E-state index in [1.807, 2.05) is 13.8 Å². The largest absolute Gasteiger partial charge is 0.339 e. The van der Waals surface area contributed by atoms with Gasteiger partial charge in [-0.1, -0.05) is 31.1 Å². The highest BCUT2D eigenvalue weighted by Crippen LogP contribution is 2.32. The molecule has 1 amide bonds. The van der Waals surface area contributed by atoms with Gasteiger partial charge in [-0.25, -0.2) is 4.39 Å². The van der Waals surface area contributed by atoms with Gasteiger partial charge >= 0.3 is 0 Å². The summed E-state index contributed by atoms with van der Waals surface area (Å²) in [4.78, 5) is 17.9. The molecule has 110 valence electrons. The van der Waals surface area contributed by atoms with Gasteiger partial charge in [0.25, 0.3) is 0 Å². The third-order valence-electron chi connectivity index (χ3n) is 3.59. The van der Waals surface area contributed by atoms with Gasteiger partial charge in [0.15, 0.2) is 5.82 Å². The Morgan fingerprint density at radius 1 is 1.38 bits per heavy atom. The molecule has 1 aliphatic rings. The van der Waals surface area contributed by atoms with Crippen LogP contribution in [-0.4, -0.2) is 22.6 Å². The number of benzene rings is 1. The molecule has 0 spiro atoms. The van der Waals surface area contributed by atoms with E-state index in [0.29, 0.717) is 23.9 Å². The quantitative estimate of drug-likeness (QED) is 0.871. The summed E-state index contributed by atoms with van der Waals surface area (Å²) in [6.45, 7) is 4.31. The van der Waals surface area contributed by atoms with Gasteiger partial charge in [-0.2, -0.15) is 4.98 Å². The molecule has 3 rings (SSSR count). The predicted octanol–water partition coefficient (Wildman–Crippen LogP) is 2.85. The number of halogens is 1. The second-order valence-electron chi connectivity index (χ2n) is 5.50. The molecule has 0 N–H and O–H groups in total. The smallest absolute Gasteiger partial charge is 0.232 e. The van der Waals surface area contributed by atoms with Crippen LogP contribution in [0.15, 0.2) is 28.8 Å². The highest BCUT2D eigenvalue weighted by Gasteiger charge is 2.36. The molecule has 0 radical (unpaired) electrons. The van der Waals surface area contributed by atoms with Crippen molar-refractivity contribution in [2.24, 2.45) is 0 Å². The van der Waals surface area contributed by atoms with Crippen molar-refractivity contribution in [3.8, 4) is 0 Å². The molecule has 0 aliphatic carbocycles. The fourth-order valence-corrected chi connectivity index (χ4v) is 2.42. The minimum absolute atomic E-state index is 0.130. The number of rotatable bonds is 3. The summed E-state index contributed by atoms with van der Waals surface area (Å²) >= 11 is 0. The summed E-state index contributed by atoms with van der Waals surface area (Å²) in [6.07, 6.45) is 0.258. The zero-order valence-corrected chi connectivity index (χ0v) is 11.9. The van der Waals surface area contributed by atoms with Crippen molar-refractivity contribution in [3.05, 3.63) is 41.8 Å². The number of anilines is 1. The van der Waals surface area contributed by atoms with Crippen LogP contribution in [0.4, 0.5) is 10.1 Å². The Bertz CT molecular complexity index is 668. The zero-order valence-electron chi connectivity index (χ0n) is 11.9. The number of amides is 1. The van der Waals surface area contributed by atoms with Crippen molar-refractivity contribution in [1.82, 2.24) is 10.1 Å². The first-order valence-electron chi connectivity index (χ1n) is 6.94. The number of aromatic nitrogens is 2. The lowest BCUT2D eigenvalue weighted by molar-refractivity contribution is -0.117. The molecular formula is C15H16FN3O2. The topological polar surface area (TPSA) is 59.2 Å². The highest BCUT2D eigenvalue weighted by molar-refractivity contribution is 5.96. The summed E-state index contributed by atoms with van der Waals surface area (Å²) < 4.78 is 19.0. The zero-order chi connectivity index (χ0) is 15.0. The van der Waals surface area contributed by atoms with E-state index < -0.39 is 5.82 Å². The average Bonchev–Trinajstić information content (AvgIpc) is 3.06. The minimum Gasteiger partial charge on any atom is -0.339 e. The van der Waals surface area contributed by atoms with Crippen molar-refractivity contribution in [1.29, 1.82) is 0 Å². The molecule has 2 heterocycles. The number of carbonyl (C=O) groups excluding carboxylic acids is 1. The first-order chi connectivity index (χ1) is 10.1. The Labute approximate surface area is 121 Å². The lowest BCUT2D eigenvalue weighted by Crippen LogP contribution is -2.25. The summed E-state index contributed by atoms with van der Waals surface area (Å²) in [5.74, 6) is 0.529. The average molecular weight is 289 g/mol. The Kier molecular flexibility index (Phi) is 3.45. The van der Waals surface area contributed by atoms with Gasteiger partial charge in [-0.05, 0) is 12.1 Å². The van der Waals surface area contributed by atoms with Crippen LogP contribution in [0.5, 0.6) is 0 Å². The van der Waals surface area contributed by atoms with E-state index in [4.69, 9.17) is 4.52 Å². The van der Waals surface area contributed by atoms with Crippen LogP contribution < -0.4 is 4.90 Å². The molecule has 1 aromatic carbocycles. The molecule has 1 aromatic heterocycles. The molecule has 1 unspecified atom stereocenters. The maximum Gasteiger partial charge on any atom is 0.232 e. The van der Waals surface area contributed by atoms with Crippen molar-refractivity contribution >= 4 is 11.6 Å². The van der Waals surface area contributed by atoms with Gasteiger partial charge in [-0.15, -0.1) is 0 Å². The van der Waals surface area contributed by atoms with E-state index in [0.717, 1.165) is 0 Å². The maximum atomic E-state index is 13.8. The fourth-order valence-electron chi connectivity index (χ4n) is 2.42. The number of nitrogens with zero attached hydrogens (tertiary/aromatic N) is 3. The molecule has 6 heteroatoms. The fraction of sp³-hybridized carbons (Fsp3) is 0.400. The number of hydrogen-bond acceptors (Lipinski definition) is 4. The van der Waals surface area contributed by atoms with Crippen LogP contribution in [0.25, 0.3) is 0 Å². The third-order valence-corrected chi connectivity index (χ3v) is 3.59. The van der Waals surface area contributed by atoms with Gasteiger partial charge in [0.2, 0.25) is 11.8 Å². The first kappa shape index (κ1) is 13.7. The predicted molar refractivity (Wildman–Crippen MR) is 74.5 cm³/mol. The van der Waals surface area contributed by atoms with Crippen LogP contribution in [-0.2, 0) is 4.79 Å². The van der Waals surface area contributed by atoms with Crippen molar-refractivity contribution < 1.29 is 13.7 Å². The Balaban J connectivity index is 1.83. The summed E-state index contributed by atoms with van der Waals surface area (Å²) in [5.41, 5.74) is 0.300. The van der Waals surface area contributed by atoms with Crippen LogP contribution >= 0.6 is 0 Å². The number of carbonyl (C=O) groups is 1. The molecular weight excluding hydrogens is 273 g/mol. The number of para-hydroxylation sites is 1. The molecule has 1 atom stereocenters. The van der Waals surface area contributed by atoms with Gasteiger partial charge in [0.05, 0.1) is 11.6 Å². The van der Waals surface area contributed by atoms with Crippen LogP contribution in [0.2, 0.25) is 0 Å². The van der Waals surface area contributed by atoms with Crippen LogP contribution in [0, 0.1) is 5.82 Å². The Hall–Kier alpha value is -2.24. The maximum absolute atomic E-state index is 13.8. The second-order valence-corrected chi connectivity index (χ2v) is 5.50. The summed E-state index contributed by atoms with van der Waals surface area (Å²) in [5, 5.41) is 3.91. The van der Waals surface area contributed by atoms with Crippen LogP contribution in [0.1, 0.15) is 43.8 Å². The third kappa shape index (κ3) is 2.53. The number of hydrogen-bond donors (Lipinski definition) is 0. The molecule has 0 saturated carbocycles. The van der Waals surface area contributed by atoms with Gasteiger partial charge in [0.1, 0.15) is 5.82 Å². The summed E-state index contributed by atoms with van der Waals surface area (Å²) in [7, 11) is 0. The van der Waals surface area contributed by atoms with Crippen molar-refractivity contribution in [2.45, 2.75) is 32.1 Å². The van der Waals surface area contributed by atoms with E-state index in [1.165, 1.54) is 11.0 Å². The van der Waals surface area contributed by atoms with E-state index in [1.54, 1.807) is 18.2 Å². The van der Waals surface area contributed by atoms with Gasteiger partial charge in [-0.3, -0.25) is 4.79 Å². The SMILES string of the molecule is CC(C)c1noc(C2CC(=O)N(c3ccccc3F)C2)n1. The molecule has 2 aromatic rings. The van der Waals surface area contributed by atoms with Crippen molar-refractivity contribution in [3.63, 3.8) is 0 Å². The van der Waals surface area contributed by atoms with E-state index in [-0.39, 0.29) is 24.2 Å². The minimum atomic E-state index is -0.403. The monoisotopic (exact) mass is 289 g/mol. The first-order valence-corrected chi connectivity index (χ1v) is 6.94. The van der Waals surface area contributed by atoms with E-state index in [9.17, 15) is 9.18 Å². The van der Waals surface area contributed by atoms with E-state index in [2.05, 4.69) is 10.1 Å². The summed E-state index contributed by atoms with van der Waals surface area (Å²) in [6, 6.07) is 6.26. The molecule has 1 saturated heterocycles. The molecule has 21 heavy (non-hydrogen) atoms. The lowest BCUT2D eigenvalue weighted by Gasteiger charge is -2.16. The highest BCUT2D eigenvalue weighted by atomic mass is 19.1. The van der Waals surface area contributed by atoms with Gasteiger partial charge < -0.3 is 9.42 Å². The van der Waals surface area contributed by atoms with Gasteiger partial charge in [0, 0.05) is 18.9 Å². The molecule has 5 nitrogen and oxygen atoms in total.